The predicted molar refractivity (Wildman–Crippen MR) is 202 cm³/mol. The van der Waals surface area contributed by atoms with E-state index in [0.717, 1.165) is 33.3 Å². The summed E-state index contributed by atoms with van der Waals surface area (Å²) in [6.45, 7) is 12.3. The maximum atomic E-state index is 11.2. The number of aryl methyl sites for hydroxylation is 4. The van der Waals surface area contributed by atoms with Crippen molar-refractivity contribution in [3.8, 4) is 45.7 Å². The van der Waals surface area contributed by atoms with Crippen molar-refractivity contribution >= 4 is 0 Å². The molecule has 264 valence electrons. The van der Waals surface area contributed by atoms with Gasteiger partial charge in [0.05, 0.1) is 26.2 Å². The molecule has 0 aliphatic carbocycles. The van der Waals surface area contributed by atoms with Crippen molar-refractivity contribution in [3.05, 3.63) is 76.9 Å². The fourth-order valence-corrected chi connectivity index (χ4v) is 6.59. The van der Waals surface area contributed by atoms with Crippen LogP contribution >= 0.6 is 0 Å². The molecular formula is C42H59N4O3+. The third-order valence-corrected chi connectivity index (χ3v) is 9.36. The highest BCUT2D eigenvalue weighted by atomic mass is 16.5. The van der Waals surface area contributed by atoms with Crippen molar-refractivity contribution in [2.75, 3.05) is 33.8 Å². The quantitative estimate of drug-likeness (QED) is 0.0765. The van der Waals surface area contributed by atoms with E-state index in [1.807, 2.05) is 12.1 Å². The summed E-state index contributed by atoms with van der Waals surface area (Å²) in [5.74, 6) is 1.99. The Hall–Kier alpha value is -3.81. The van der Waals surface area contributed by atoms with Crippen LogP contribution in [0.15, 0.2) is 54.6 Å². The van der Waals surface area contributed by atoms with Gasteiger partial charge in [0.15, 0.2) is 17.5 Å². The average molecular weight is 668 g/mol. The lowest BCUT2D eigenvalue weighted by molar-refractivity contribution is -0.893. The van der Waals surface area contributed by atoms with E-state index in [4.69, 9.17) is 19.7 Å². The van der Waals surface area contributed by atoms with E-state index in [0.29, 0.717) is 35.3 Å². The summed E-state index contributed by atoms with van der Waals surface area (Å²) in [7, 11) is 4.34. The molecule has 0 amide bonds. The lowest BCUT2D eigenvalue weighted by atomic mass is 10.0. The highest BCUT2D eigenvalue weighted by Gasteiger charge is 2.22. The second-order valence-corrected chi connectivity index (χ2v) is 14.6. The first-order valence-electron chi connectivity index (χ1n) is 18.3. The molecule has 1 aromatic heterocycles. The molecule has 0 spiro atoms. The third-order valence-electron chi connectivity index (χ3n) is 9.36. The number of ether oxygens (including phenoxy) is 1. The van der Waals surface area contributed by atoms with Gasteiger partial charge < -0.3 is 19.4 Å². The Bertz CT molecular complexity index is 1580. The zero-order valence-electron chi connectivity index (χ0n) is 31.1. The van der Waals surface area contributed by atoms with Gasteiger partial charge in [0.1, 0.15) is 30.8 Å². The van der Waals surface area contributed by atoms with Gasteiger partial charge in [-0.3, -0.25) is 0 Å². The summed E-state index contributed by atoms with van der Waals surface area (Å²) < 4.78 is 6.70. The Morgan fingerprint density at radius 3 is 1.59 bits per heavy atom. The van der Waals surface area contributed by atoms with Crippen LogP contribution < -0.4 is 4.74 Å². The first kappa shape index (κ1) is 38.0. The summed E-state index contributed by atoms with van der Waals surface area (Å²) in [6.07, 6.45) is 12.6. The number of rotatable bonds is 19. The number of phenolic OH excluding ortho intramolecular Hbond substituents is 1. The van der Waals surface area contributed by atoms with Gasteiger partial charge in [0.25, 0.3) is 0 Å². The molecule has 0 aliphatic rings. The molecule has 1 atom stereocenters. The van der Waals surface area contributed by atoms with Crippen LogP contribution in [0, 0.1) is 27.7 Å². The molecule has 0 saturated carbocycles. The first-order valence-corrected chi connectivity index (χ1v) is 18.3. The minimum atomic E-state index is -0.621. The normalized spacial score (nSPS) is 12.3. The number of aliphatic hydroxyl groups excluding tert-OH is 1. The van der Waals surface area contributed by atoms with Crippen molar-refractivity contribution in [1.82, 2.24) is 15.0 Å². The SMILES string of the molecule is CCCCCCCCCCCC[N+](C)(C)CC(O)COc1ccc(-c2nc(-c3ccc(C)cc3C)nc(-c3ccc(C)cc3C)n2)c(O)c1. The van der Waals surface area contributed by atoms with Crippen LogP contribution in [-0.2, 0) is 0 Å². The van der Waals surface area contributed by atoms with E-state index in [-0.39, 0.29) is 12.4 Å². The van der Waals surface area contributed by atoms with Crippen LogP contribution in [0.2, 0.25) is 0 Å². The fraction of sp³-hybridized carbons (Fsp3) is 0.500. The number of likely N-dealkylation sites (N-methyl/N-ethyl adjacent to an activating group) is 1. The van der Waals surface area contributed by atoms with E-state index in [1.165, 1.54) is 75.3 Å². The highest BCUT2D eigenvalue weighted by molar-refractivity contribution is 5.72. The molecule has 0 bridgehead atoms. The number of phenols is 1. The lowest BCUT2D eigenvalue weighted by Crippen LogP contribution is -2.47. The Kier molecular flexibility index (Phi) is 14.2. The maximum absolute atomic E-state index is 11.2. The highest BCUT2D eigenvalue weighted by Crippen LogP contribution is 2.34. The van der Waals surface area contributed by atoms with E-state index in [1.54, 1.807) is 18.2 Å². The van der Waals surface area contributed by atoms with Crippen LogP contribution in [0.25, 0.3) is 34.2 Å². The monoisotopic (exact) mass is 667 g/mol. The Morgan fingerprint density at radius 1 is 0.633 bits per heavy atom. The van der Waals surface area contributed by atoms with Crippen LogP contribution in [0.3, 0.4) is 0 Å². The molecule has 4 rings (SSSR count). The number of aromatic nitrogens is 3. The molecule has 0 saturated heterocycles. The van der Waals surface area contributed by atoms with Crippen LogP contribution in [0.5, 0.6) is 11.5 Å². The van der Waals surface area contributed by atoms with E-state index in [2.05, 4.69) is 73.0 Å². The average Bonchev–Trinajstić information content (AvgIpc) is 3.04. The zero-order chi connectivity index (χ0) is 35.4. The van der Waals surface area contributed by atoms with E-state index in [9.17, 15) is 10.2 Å². The Morgan fingerprint density at radius 2 is 1.10 bits per heavy atom. The molecule has 3 aromatic carbocycles. The number of aliphatic hydroxyl groups is 1. The molecule has 49 heavy (non-hydrogen) atoms. The van der Waals surface area contributed by atoms with Crippen LogP contribution in [-0.4, -0.2) is 69.5 Å². The second-order valence-electron chi connectivity index (χ2n) is 14.6. The number of aromatic hydroxyl groups is 1. The molecular weight excluding hydrogens is 608 g/mol. The van der Waals surface area contributed by atoms with E-state index < -0.39 is 6.10 Å². The third kappa shape index (κ3) is 11.6. The number of nitrogens with zero attached hydrogens (tertiary/aromatic N) is 4. The minimum absolute atomic E-state index is 0.00779. The summed E-state index contributed by atoms with van der Waals surface area (Å²) in [6, 6.07) is 17.6. The second kappa shape index (κ2) is 18.3. The lowest BCUT2D eigenvalue weighted by Gasteiger charge is -2.32. The largest absolute Gasteiger partial charge is 0.507 e. The first-order chi connectivity index (χ1) is 23.5. The number of benzene rings is 3. The molecule has 2 N–H and O–H groups in total. The van der Waals surface area contributed by atoms with Gasteiger partial charge >= 0.3 is 0 Å². The molecule has 1 heterocycles. The molecule has 4 aromatic rings. The van der Waals surface area contributed by atoms with Crippen molar-refractivity contribution in [2.45, 2.75) is 105 Å². The number of unbranched alkanes of at least 4 members (excludes halogenated alkanes) is 9. The van der Waals surface area contributed by atoms with Gasteiger partial charge in [-0.05, 0) is 63.8 Å². The molecule has 1 unspecified atom stereocenters. The number of hydrogen-bond donors (Lipinski definition) is 2. The number of hydrogen-bond acceptors (Lipinski definition) is 6. The van der Waals surface area contributed by atoms with Gasteiger partial charge in [0.2, 0.25) is 0 Å². The van der Waals surface area contributed by atoms with Gasteiger partial charge in [-0.2, -0.15) is 0 Å². The molecule has 0 fully saturated rings. The standard InChI is InChI=1S/C42H58N4O3/c1-8-9-10-11-12-13-14-15-16-17-24-46(6,7)28-34(47)29-49-35-20-23-38(39(48)27-35)42-44-40(36-21-18-30(2)25-32(36)4)43-41(45-42)37-22-19-31(3)26-33(37)5/h18-23,25-27,34,47H,8-17,24,28-29H2,1-7H3/p+1. The number of quaternary nitrogens is 1. The van der Waals surface area contributed by atoms with Crippen LogP contribution in [0.1, 0.15) is 93.4 Å². The molecule has 7 heteroatoms. The summed E-state index contributed by atoms with van der Waals surface area (Å²) in [4.78, 5) is 14.6. The Balaban J connectivity index is 1.39. The summed E-state index contributed by atoms with van der Waals surface area (Å²) in [5, 5.41) is 22.0. The van der Waals surface area contributed by atoms with Crippen molar-refractivity contribution in [1.29, 1.82) is 0 Å². The summed E-state index contributed by atoms with van der Waals surface area (Å²) in [5.41, 5.74) is 6.80. The van der Waals surface area contributed by atoms with Gasteiger partial charge in [-0.1, -0.05) is 106 Å². The molecule has 7 nitrogen and oxygen atoms in total. The zero-order valence-corrected chi connectivity index (χ0v) is 31.1. The van der Waals surface area contributed by atoms with Crippen molar-refractivity contribution in [2.24, 2.45) is 0 Å². The van der Waals surface area contributed by atoms with Crippen LogP contribution in [0.4, 0.5) is 0 Å². The molecule has 0 aliphatic heterocycles. The van der Waals surface area contributed by atoms with Gasteiger partial charge in [0, 0.05) is 17.2 Å². The smallest absolute Gasteiger partial charge is 0.167 e. The summed E-state index contributed by atoms with van der Waals surface area (Å²) >= 11 is 0. The van der Waals surface area contributed by atoms with Gasteiger partial charge in [-0.15, -0.1) is 0 Å². The van der Waals surface area contributed by atoms with E-state index >= 15 is 0 Å². The van der Waals surface area contributed by atoms with Crippen molar-refractivity contribution < 1.29 is 19.4 Å². The van der Waals surface area contributed by atoms with Crippen molar-refractivity contribution in [3.63, 3.8) is 0 Å². The Labute approximate surface area is 295 Å². The molecule has 0 radical (unpaired) electrons. The van der Waals surface area contributed by atoms with Gasteiger partial charge in [-0.25, -0.2) is 15.0 Å². The topological polar surface area (TPSA) is 88.4 Å². The predicted octanol–water partition coefficient (Wildman–Crippen LogP) is 9.55. The minimum Gasteiger partial charge on any atom is -0.507 e. The maximum Gasteiger partial charge on any atom is 0.167 e. The fourth-order valence-electron chi connectivity index (χ4n) is 6.59.